The predicted molar refractivity (Wildman–Crippen MR) is 95.0 cm³/mol. The maximum absolute atomic E-state index is 12.5. The molecule has 0 bridgehead atoms. The van der Waals surface area contributed by atoms with E-state index in [1.807, 2.05) is 0 Å². The Labute approximate surface area is 152 Å². The van der Waals surface area contributed by atoms with Gasteiger partial charge in [-0.25, -0.2) is 0 Å². The van der Waals surface area contributed by atoms with Crippen molar-refractivity contribution in [3.8, 4) is 11.5 Å². The number of nitrogens with one attached hydrogen (secondary N) is 1. The lowest BCUT2D eigenvalue weighted by atomic mass is 10.1. The Morgan fingerprint density at radius 1 is 1.24 bits per heavy atom. The molecule has 0 heterocycles. The number of halogens is 1. The van der Waals surface area contributed by atoms with E-state index in [0.29, 0.717) is 40.6 Å². The van der Waals surface area contributed by atoms with E-state index in [9.17, 15) is 9.59 Å². The third kappa shape index (κ3) is 3.98. The molecule has 3 rings (SSSR count). The molecule has 1 fully saturated rings. The summed E-state index contributed by atoms with van der Waals surface area (Å²) in [6.45, 7) is 0. The topological polar surface area (TPSA) is 64.6 Å². The Morgan fingerprint density at radius 2 is 2.00 bits per heavy atom. The average molecular weight is 364 g/mol. The second-order valence-electron chi connectivity index (χ2n) is 6.45. The van der Waals surface area contributed by atoms with E-state index in [1.54, 1.807) is 25.3 Å². The Morgan fingerprint density at radius 3 is 2.64 bits per heavy atom. The molecule has 2 aliphatic carbocycles. The monoisotopic (exact) mass is 363 g/mol. The van der Waals surface area contributed by atoms with E-state index >= 15 is 0 Å². The number of hydrogen-bond donors (Lipinski definition) is 1. The highest BCUT2D eigenvalue weighted by molar-refractivity contribution is 6.31. The molecule has 0 aliphatic heterocycles. The van der Waals surface area contributed by atoms with Gasteiger partial charge in [-0.3, -0.25) is 4.79 Å². The van der Waals surface area contributed by atoms with Crippen molar-refractivity contribution in [3.63, 3.8) is 0 Å². The van der Waals surface area contributed by atoms with E-state index in [2.05, 4.69) is 5.32 Å². The molecule has 0 aromatic heterocycles. The molecule has 1 atom stereocenters. The Hall–Kier alpha value is -2.01. The van der Waals surface area contributed by atoms with Crippen LogP contribution in [0.15, 0.2) is 28.9 Å². The summed E-state index contributed by atoms with van der Waals surface area (Å²) >= 11 is 6.16. The minimum Gasteiger partial charge on any atom is -0.493 e. The van der Waals surface area contributed by atoms with Crippen molar-refractivity contribution < 1.29 is 19.1 Å². The summed E-state index contributed by atoms with van der Waals surface area (Å²) in [5.74, 6) is 0.620. The van der Waals surface area contributed by atoms with Crippen molar-refractivity contribution in [1.82, 2.24) is 5.32 Å². The van der Waals surface area contributed by atoms with E-state index in [1.165, 1.54) is 0 Å². The van der Waals surface area contributed by atoms with Gasteiger partial charge in [-0.1, -0.05) is 11.6 Å². The van der Waals surface area contributed by atoms with Crippen LogP contribution in [0.3, 0.4) is 0 Å². The molecule has 5 nitrogen and oxygen atoms in total. The van der Waals surface area contributed by atoms with Crippen molar-refractivity contribution in [2.45, 2.75) is 44.6 Å². The van der Waals surface area contributed by atoms with Gasteiger partial charge in [-0.2, -0.15) is 0 Å². The molecule has 0 radical (unpaired) electrons. The van der Waals surface area contributed by atoms with Crippen LogP contribution in [0.5, 0.6) is 11.5 Å². The molecule has 1 amide bonds. The summed E-state index contributed by atoms with van der Waals surface area (Å²) in [6.07, 6.45) is 6.60. The smallest absolute Gasteiger partial charge is 0.255 e. The first-order chi connectivity index (χ1) is 12.1. The highest BCUT2D eigenvalue weighted by Gasteiger charge is 2.25. The highest BCUT2D eigenvalue weighted by Crippen LogP contribution is 2.34. The number of methoxy groups -OCH3 is 1. The SMILES string of the molecule is COc1ccc(C(=O)NC2=C(Cl)C(C=O)CC2)cc1OC1CCCC1. The van der Waals surface area contributed by atoms with Gasteiger partial charge in [0.2, 0.25) is 0 Å². The lowest BCUT2D eigenvalue weighted by Gasteiger charge is -2.17. The molecule has 6 heteroatoms. The average Bonchev–Trinajstić information content (AvgIpc) is 3.25. The Bertz CT molecular complexity index is 695. The number of aldehydes is 1. The highest BCUT2D eigenvalue weighted by atomic mass is 35.5. The summed E-state index contributed by atoms with van der Waals surface area (Å²) in [5, 5.41) is 3.25. The van der Waals surface area contributed by atoms with E-state index < -0.39 is 0 Å². The van der Waals surface area contributed by atoms with Gasteiger partial charge in [-0.15, -0.1) is 0 Å². The van der Waals surface area contributed by atoms with Gasteiger partial charge >= 0.3 is 0 Å². The van der Waals surface area contributed by atoms with Crippen molar-refractivity contribution >= 4 is 23.8 Å². The number of ether oxygens (including phenoxy) is 2. The summed E-state index contributed by atoms with van der Waals surface area (Å²) in [5.41, 5.74) is 1.10. The van der Waals surface area contributed by atoms with Crippen LogP contribution < -0.4 is 14.8 Å². The van der Waals surface area contributed by atoms with Crippen molar-refractivity contribution in [2.24, 2.45) is 5.92 Å². The first kappa shape index (κ1) is 17.8. The van der Waals surface area contributed by atoms with E-state index in [0.717, 1.165) is 32.0 Å². The first-order valence-corrected chi connectivity index (χ1v) is 9.00. The number of allylic oxidation sites excluding steroid dienone is 2. The third-order valence-electron chi connectivity index (χ3n) is 4.77. The molecule has 2 aliphatic rings. The fourth-order valence-electron chi connectivity index (χ4n) is 3.32. The predicted octanol–water partition coefficient (Wildman–Crippen LogP) is 3.81. The Balaban J connectivity index is 1.76. The molecule has 134 valence electrons. The molecule has 0 spiro atoms. The van der Waals surface area contributed by atoms with Crippen LogP contribution >= 0.6 is 11.6 Å². The van der Waals surface area contributed by atoms with Crippen LogP contribution in [-0.4, -0.2) is 25.4 Å². The summed E-state index contributed by atoms with van der Waals surface area (Å²) in [6, 6.07) is 5.13. The first-order valence-electron chi connectivity index (χ1n) is 8.62. The van der Waals surface area contributed by atoms with Gasteiger partial charge in [0, 0.05) is 16.3 Å². The number of rotatable bonds is 6. The number of carbonyl (C=O) groups excluding carboxylic acids is 2. The van der Waals surface area contributed by atoms with Gasteiger partial charge in [0.05, 0.1) is 19.1 Å². The lowest BCUT2D eigenvalue weighted by molar-refractivity contribution is -0.110. The fourth-order valence-corrected chi connectivity index (χ4v) is 3.63. The molecule has 1 N–H and O–H groups in total. The van der Waals surface area contributed by atoms with Gasteiger partial charge in [-0.05, 0) is 56.7 Å². The normalized spacial score (nSPS) is 20.6. The zero-order chi connectivity index (χ0) is 17.8. The van der Waals surface area contributed by atoms with Crippen molar-refractivity contribution in [1.29, 1.82) is 0 Å². The van der Waals surface area contributed by atoms with Gasteiger partial charge < -0.3 is 19.6 Å². The lowest BCUT2D eigenvalue weighted by Crippen LogP contribution is -2.22. The quantitative estimate of drug-likeness (QED) is 0.780. The van der Waals surface area contributed by atoms with Crippen LogP contribution in [-0.2, 0) is 4.79 Å². The second kappa shape index (κ2) is 7.91. The van der Waals surface area contributed by atoms with E-state index in [4.69, 9.17) is 21.1 Å². The van der Waals surface area contributed by atoms with Crippen molar-refractivity contribution in [2.75, 3.05) is 7.11 Å². The number of benzene rings is 1. The van der Waals surface area contributed by atoms with Crippen LogP contribution in [0.25, 0.3) is 0 Å². The zero-order valence-corrected chi connectivity index (χ0v) is 15.0. The molecule has 1 aromatic carbocycles. The zero-order valence-electron chi connectivity index (χ0n) is 14.2. The van der Waals surface area contributed by atoms with Crippen LogP contribution in [0, 0.1) is 5.92 Å². The number of amides is 1. The third-order valence-corrected chi connectivity index (χ3v) is 5.28. The summed E-state index contributed by atoms with van der Waals surface area (Å²) < 4.78 is 11.4. The van der Waals surface area contributed by atoms with Gasteiger partial charge in [0.25, 0.3) is 5.91 Å². The fraction of sp³-hybridized carbons (Fsp3) is 0.474. The molecular formula is C19H22ClNO4. The molecule has 1 aromatic rings. The van der Waals surface area contributed by atoms with Gasteiger partial charge in [0.15, 0.2) is 11.5 Å². The number of carbonyl (C=O) groups is 2. The standard InChI is InChI=1S/C19H22ClNO4/c1-24-16-9-7-12(10-17(16)25-14-4-2-3-5-14)19(23)21-15-8-6-13(11-22)18(15)20/h7,9-11,13-14H,2-6,8H2,1H3,(H,21,23). The summed E-state index contributed by atoms with van der Waals surface area (Å²) in [4.78, 5) is 23.5. The number of hydrogen-bond acceptors (Lipinski definition) is 4. The van der Waals surface area contributed by atoms with Crippen molar-refractivity contribution in [3.05, 3.63) is 34.5 Å². The van der Waals surface area contributed by atoms with Crippen LogP contribution in [0.4, 0.5) is 0 Å². The molecule has 25 heavy (non-hydrogen) atoms. The van der Waals surface area contributed by atoms with Crippen LogP contribution in [0.1, 0.15) is 48.9 Å². The van der Waals surface area contributed by atoms with E-state index in [-0.39, 0.29) is 17.9 Å². The van der Waals surface area contributed by atoms with Crippen LogP contribution in [0.2, 0.25) is 0 Å². The largest absolute Gasteiger partial charge is 0.493 e. The maximum Gasteiger partial charge on any atom is 0.255 e. The molecule has 1 unspecified atom stereocenters. The second-order valence-corrected chi connectivity index (χ2v) is 6.86. The van der Waals surface area contributed by atoms with Gasteiger partial charge in [0.1, 0.15) is 6.29 Å². The minimum absolute atomic E-state index is 0.174. The summed E-state index contributed by atoms with van der Waals surface area (Å²) in [7, 11) is 1.58. The molecule has 1 saturated carbocycles. The maximum atomic E-state index is 12.5. The Kier molecular flexibility index (Phi) is 5.63. The molecule has 0 saturated heterocycles. The molecular weight excluding hydrogens is 342 g/mol. The minimum atomic E-state index is -0.311.